The van der Waals surface area contributed by atoms with E-state index >= 15 is 0 Å². The maximum absolute atomic E-state index is 2.42. The van der Waals surface area contributed by atoms with Crippen LogP contribution in [0, 0.1) is 0 Å². The van der Waals surface area contributed by atoms with Crippen LogP contribution in [-0.4, -0.2) is 4.57 Å². The summed E-state index contributed by atoms with van der Waals surface area (Å²) in [5.41, 5.74) is 11.6. The van der Waals surface area contributed by atoms with Crippen molar-refractivity contribution in [2.75, 3.05) is 4.90 Å². The van der Waals surface area contributed by atoms with E-state index in [1.807, 2.05) is 0 Å². The van der Waals surface area contributed by atoms with Crippen LogP contribution in [0.1, 0.15) is 0 Å². The minimum absolute atomic E-state index is 1.09. The Bertz CT molecular complexity index is 2900. The Morgan fingerprint density at radius 2 is 0.981 bits per heavy atom. The molecule has 0 aliphatic heterocycles. The van der Waals surface area contributed by atoms with Crippen LogP contribution in [0.2, 0.25) is 0 Å². The molecule has 0 radical (unpaired) electrons. The zero-order valence-corrected chi connectivity index (χ0v) is 28.5. The van der Waals surface area contributed by atoms with Gasteiger partial charge in [-0.1, -0.05) is 146 Å². The highest BCUT2D eigenvalue weighted by molar-refractivity contribution is 6.13. The van der Waals surface area contributed by atoms with Crippen LogP contribution in [0.25, 0.3) is 71.3 Å². The molecule has 0 bridgehead atoms. The molecule has 0 aliphatic carbocycles. The summed E-state index contributed by atoms with van der Waals surface area (Å²) in [6, 6.07) is 74.8. The van der Waals surface area contributed by atoms with Crippen molar-refractivity contribution in [3.63, 3.8) is 0 Å². The van der Waals surface area contributed by atoms with E-state index in [2.05, 4.69) is 216 Å². The first-order valence-electron chi connectivity index (χ1n) is 17.8. The molecule has 244 valence electrons. The van der Waals surface area contributed by atoms with E-state index in [9.17, 15) is 0 Å². The largest absolute Gasteiger partial charge is 0.310 e. The molecule has 2 heteroatoms. The topological polar surface area (TPSA) is 8.17 Å². The van der Waals surface area contributed by atoms with Crippen LogP contribution in [-0.2, 0) is 0 Å². The van der Waals surface area contributed by atoms with E-state index in [4.69, 9.17) is 0 Å². The third-order valence-electron chi connectivity index (χ3n) is 10.3. The van der Waals surface area contributed by atoms with E-state index in [1.165, 1.54) is 65.6 Å². The van der Waals surface area contributed by atoms with Crippen molar-refractivity contribution in [3.8, 4) is 27.9 Å². The molecule has 0 fully saturated rings. The maximum atomic E-state index is 2.42. The van der Waals surface area contributed by atoms with Crippen molar-refractivity contribution in [2.24, 2.45) is 0 Å². The summed E-state index contributed by atoms with van der Waals surface area (Å²) in [6.07, 6.45) is 0. The molecular weight excluding hydrogens is 629 g/mol. The summed E-state index contributed by atoms with van der Waals surface area (Å²) >= 11 is 0. The number of hydrogen-bond donors (Lipinski definition) is 0. The summed E-state index contributed by atoms with van der Waals surface area (Å²) in [4.78, 5) is 2.40. The van der Waals surface area contributed by atoms with Gasteiger partial charge in [-0.2, -0.15) is 0 Å². The molecule has 0 N–H and O–H groups in total. The molecule has 1 heterocycles. The standard InChI is InChI=1S/C50H34N2/c1-2-14-37(15-3-1)45-21-8-10-23-48(45)51(42-29-27-36(28-30-42)41-26-25-35-13-4-5-16-38(35)31-41)43-19-12-20-44(34-43)52-49-24-11-9-22-46(49)47-32-39-17-6-7-18-40(39)33-50(47)52/h1-34H. The van der Waals surface area contributed by atoms with Crippen molar-refractivity contribution in [1.82, 2.24) is 4.57 Å². The molecule has 0 amide bonds. The van der Waals surface area contributed by atoms with Crippen molar-refractivity contribution in [1.29, 1.82) is 0 Å². The van der Waals surface area contributed by atoms with E-state index in [0.717, 1.165) is 22.7 Å². The monoisotopic (exact) mass is 662 g/mol. The predicted molar refractivity (Wildman–Crippen MR) is 221 cm³/mol. The molecule has 10 aromatic rings. The van der Waals surface area contributed by atoms with E-state index in [0.29, 0.717) is 0 Å². The maximum Gasteiger partial charge on any atom is 0.0547 e. The molecule has 10 rings (SSSR count). The predicted octanol–water partition coefficient (Wildman–Crippen LogP) is 13.9. The molecule has 0 saturated heterocycles. The molecule has 1 aromatic heterocycles. The summed E-state index contributed by atoms with van der Waals surface area (Å²) in [7, 11) is 0. The van der Waals surface area contributed by atoms with Crippen LogP contribution in [0.3, 0.4) is 0 Å². The fraction of sp³-hybridized carbons (Fsp3) is 0. The minimum Gasteiger partial charge on any atom is -0.310 e. The number of nitrogens with zero attached hydrogens (tertiary/aromatic N) is 2. The quantitative estimate of drug-likeness (QED) is 0.172. The molecular formula is C50H34N2. The number of anilines is 3. The lowest BCUT2D eigenvalue weighted by Crippen LogP contribution is -2.11. The Labute approximate surface area is 303 Å². The fourth-order valence-corrected chi connectivity index (χ4v) is 7.83. The zero-order chi connectivity index (χ0) is 34.4. The highest BCUT2D eigenvalue weighted by Gasteiger charge is 2.19. The zero-order valence-electron chi connectivity index (χ0n) is 28.5. The molecule has 0 atom stereocenters. The molecule has 0 aliphatic rings. The molecule has 0 saturated carbocycles. The average molecular weight is 663 g/mol. The van der Waals surface area contributed by atoms with E-state index in [1.54, 1.807) is 0 Å². The third kappa shape index (κ3) is 5.12. The lowest BCUT2D eigenvalue weighted by atomic mass is 10.00. The molecule has 52 heavy (non-hydrogen) atoms. The first-order chi connectivity index (χ1) is 25.8. The smallest absolute Gasteiger partial charge is 0.0547 e. The molecule has 0 unspecified atom stereocenters. The summed E-state index contributed by atoms with van der Waals surface area (Å²) in [5.74, 6) is 0. The van der Waals surface area contributed by atoms with Crippen LogP contribution in [0.5, 0.6) is 0 Å². The van der Waals surface area contributed by atoms with Gasteiger partial charge in [0.15, 0.2) is 0 Å². The van der Waals surface area contributed by atoms with Gasteiger partial charge in [-0.3, -0.25) is 0 Å². The van der Waals surface area contributed by atoms with Gasteiger partial charge in [0.05, 0.1) is 16.7 Å². The fourth-order valence-electron chi connectivity index (χ4n) is 7.83. The highest BCUT2D eigenvalue weighted by Crippen LogP contribution is 2.43. The number of rotatable bonds is 6. The summed E-state index contributed by atoms with van der Waals surface area (Å²) < 4.78 is 2.42. The van der Waals surface area contributed by atoms with Gasteiger partial charge < -0.3 is 9.47 Å². The van der Waals surface area contributed by atoms with Gasteiger partial charge >= 0.3 is 0 Å². The Balaban J connectivity index is 1.16. The van der Waals surface area contributed by atoms with Crippen molar-refractivity contribution < 1.29 is 0 Å². The number of aromatic nitrogens is 1. The first-order valence-corrected chi connectivity index (χ1v) is 17.8. The van der Waals surface area contributed by atoms with E-state index in [-0.39, 0.29) is 0 Å². The van der Waals surface area contributed by atoms with Gasteiger partial charge in [0.2, 0.25) is 0 Å². The van der Waals surface area contributed by atoms with Crippen LogP contribution >= 0.6 is 0 Å². The second-order valence-electron chi connectivity index (χ2n) is 13.4. The number of benzene rings is 9. The van der Waals surface area contributed by atoms with Gasteiger partial charge in [0.1, 0.15) is 0 Å². The number of hydrogen-bond acceptors (Lipinski definition) is 1. The van der Waals surface area contributed by atoms with Gasteiger partial charge in [-0.25, -0.2) is 0 Å². The van der Waals surface area contributed by atoms with Crippen molar-refractivity contribution >= 4 is 60.4 Å². The van der Waals surface area contributed by atoms with Crippen molar-refractivity contribution in [3.05, 3.63) is 206 Å². The number of para-hydroxylation sites is 2. The first kappa shape index (κ1) is 30.0. The van der Waals surface area contributed by atoms with Crippen molar-refractivity contribution in [2.45, 2.75) is 0 Å². The van der Waals surface area contributed by atoms with Gasteiger partial charge in [-0.15, -0.1) is 0 Å². The Morgan fingerprint density at radius 3 is 1.81 bits per heavy atom. The lowest BCUT2D eigenvalue weighted by molar-refractivity contribution is 1.17. The van der Waals surface area contributed by atoms with Crippen LogP contribution in [0.4, 0.5) is 17.1 Å². The van der Waals surface area contributed by atoms with Gasteiger partial charge in [-0.05, 0) is 98.9 Å². The second-order valence-corrected chi connectivity index (χ2v) is 13.4. The Morgan fingerprint density at radius 1 is 0.327 bits per heavy atom. The van der Waals surface area contributed by atoms with Gasteiger partial charge in [0, 0.05) is 33.4 Å². The normalized spacial score (nSPS) is 11.5. The SMILES string of the molecule is c1ccc(-c2ccccc2N(c2ccc(-c3ccc4ccccc4c3)cc2)c2cccc(-n3c4ccccc4c4cc5ccccc5cc43)c2)cc1. The van der Waals surface area contributed by atoms with Gasteiger partial charge in [0.25, 0.3) is 0 Å². The molecule has 2 nitrogen and oxygen atoms in total. The van der Waals surface area contributed by atoms with Crippen LogP contribution < -0.4 is 4.90 Å². The molecule has 0 spiro atoms. The highest BCUT2D eigenvalue weighted by atomic mass is 15.1. The van der Waals surface area contributed by atoms with E-state index < -0.39 is 0 Å². The Hall–Kier alpha value is -6.90. The lowest BCUT2D eigenvalue weighted by Gasteiger charge is -2.28. The second kappa shape index (κ2) is 12.5. The Kier molecular flexibility index (Phi) is 7.18. The summed E-state index contributed by atoms with van der Waals surface area (Å²) in [5, 5.41) is 7.50. The minimum atomic E-state index is 1.09. The average Bonchev–Trinajstić information content (AvgIpc) is 3.54. The number of fused-ring (bicyclic) bond motifs is 5. The summed E-state index contributed by atoms with van der Waals surface area (Å²) in [6.45, 7) is 0. The molecule has 9 aromatic carbocycles. The van der Waals surface area contributed by atoms with Crippen LogP contribution in [0.15, 0.2) is 206 Å². The third-order valence-corrected chi connectivity index (χ3v) is 10.3.